The van der Waals surface area contributed by atoms with Crippen molar-refractivity contribution in [3.8, 4) is 0 Å². The number of nitrogens with zero attached hydrogens (tertiary/aromatic N) is 1. The normalized spacial score (nSPS) is 18.9. The van der Waals surface area contributed by atoms with Gasteiger partial charge in [-0.1, -0.05) is 18.2 Å². The number of hydrogen-bond donors (Lipinski definition) is 1. The molecule has 1 unspecified atom stereocenters. The third-order valence-electron chi connectivity index (χ3n) is 3.09. The molecule has 0 saturated carbocycles. The van der Waals surface area contributed by atoms with Crippen LogP contribution in [-0.4, -0.2) is 32.3 Å². The molecule has 1 heterocycles. The Balaban J connectivity index is 1.94. The Kier molecular flexibility index (Phi) is 3.80. The summed E-state index contributed by atoms with van der Waals surface area (Å²) in [5, 5.41) is 0. The Bertz CT molecular complexity index is 340. The van der Waals surface area contributed by atoms with E-state index in [0.717, 1.165) is 19.6 Å². The zero-order valence-electron chi connectivity index (χ0n) is 9.86. The largest absolute Gasteiger partial charge is 0.378 e. The summed E-state index contributed by atoms with van der Waals surface area (Å²) in [7, 11) is 0. The van der Waals surface area contributed by atoms with Crippen molar-refractivity contribution in [2.24, 2.45) is 5.73 Å². The highest BCUT2D eigenvalue weighted by molar-refractivity contribution is 5.59. The monoisotopic (exact) mass is 220 g/mol. The summed E-state index contributed by atoms with van der Waals surface area (Å²) in [4.78, 5) is 2.42. The van der Waals surface area contributed by atoms with E-state index in [1.165, 1.54) is 11.3 Å². The SMILES string of the molecule is CC1Cc2ccccc2N1CCOCCN. The lowest BCUT2D eigenvalue weighted by atomic mass is 10.1. The molecule has 0 aromatic heterocycles. The van der Waals surface area contributed by atoms with E-state index in [4.69, 9.17) is 10.5 Å². The molecular weight excluding hydrogens is 200 g/mol. The summed E-state index contributed by atoms with van der Waals surface area (Å²) >= 11 is 0. The molecular formula is C13H20N2O. The van der Waals surface area contributed by atoms with Gasteiger partial charge >= 0.3 is 0 Å². The molecule has 1 atom stereocenters. The molecule has 2 rings (SSSR count). The predicted molar refractivity (Wildman–Crippen MR) is 66.8 cm³/mol. The second-order valence-electron chi connectivity index (χ2n) is 4.28. The lowest BCUT2D eigenvalue weighted by Crippen LogP contribution is -2.32. The predicted octanol–water partition coefficient (Wildman–Crippen LogP) is 1.41. The van der Waals surface area contributed by atoms with Crippen LogP contribution in [-0.2, 0) is 11.2 Å². The van der Waals surface area contributed by atoms with E-state index in [1.807, 2.05) is 0 Å². The summed E-state index contributed by atoms with van der Waals surface area (Å²) in [6, 6.07) is 9.21. The van der Waals surface area contributed by atoms with Gasteiger partial charge in [0.05, 0.1) is 13.2 Å². The molecule has 0 radical (unpaired) electrons. The second-order valence-corrected chi connectivity index (χ2v) is 4.28. The van der Waals surface area contributed by atoms with Crippen molar-refractivity contribution in [2.75, 3.05) is 31.2 Å². The molecule has 0 fully saturated rings. The molecule has 2 N–H and O–H groups in total. The van der Waals surface area contributed by atoms with Gasteiger partial charge < -0.3 is 15.4 Å². The van der Waals surface area contributed by atoms with Crippen molar-refractivity contribution in [1.82, 2.24) is 0 Å². The Morgan fingerprint density at radius 3 is 3.00 bits per heavy atom. The van der Waals surface area contributed by atoms with Gasteiger partial charge in [-0.3, -0.25) is 0 Å². The van der Waals surface area contributed by atoms with Crippen molar-refractivity contribution in [1.29, 1.82) is 0 Å². The molecule has 88 valence electrons. The summed E-state index contributed by atoms with van der Waals surface area (Å²) in [6.07, 6.45) is 1.15. The number of nitrogens with two attached hydrogens (primary N) is 1. The van der Waals surface area contributed by atoms with Crippen LogP contribution in [0.5, 0.6) is 0 Å². The highest BCUT2D eigenvalue weighted by Gasteiger charge is 2.24. The van der Waals surface area contributed by atoms with Gasteiger partial charge in [0.25, 0.3) is 0 Å². The van der Waals surface area contributed by atoms with Crippen LogP contribution < -0.4 is 10.6 Å². The van der Waals surface area contributed by atoms with Gasteiger partial charge in [0, 0.05) is 24.8 Å². The minimum absolute atomic E-state index is 0.582. The van der Waals surface area contributed by atoms with Crippen molar-refractivity contribution < 1.29 is 4.74 Å². The number of hydrogen-bond acceptors (Lipinski definition) is 3. The molecule has 0 bridgehead atoms. The highest BCUT2D eigenvalue weighted by Crippen LogP contribution is 2.31. The third kappa shape index (κ3) is 2.36. The van der Waals surface area contributed by atoms with Crippen LogP contribution in [0.15, 0.2) is 24.3 Å². The molecule has 16 heavy (non-hydrogen) atoms. The molecule has 0 aliphatic carbocycles. The van der Waals surface area contributed by atoms with Crippen LogP contribution >= 0.6 is 0 Å². The first kappa shape index (κ1) is 11.4. The fraction of sp³-hybridized carbons (Fsp3) is 0.538. The van der Waals surface area contributed by atoms with Crippen LogP contribution in [0.2, 0.25) is 0 Å². The number of fused-ring (bicyclic) bond motifs is 1. The minimum atomic E-state index is 0.582. The van der Waals surface area contributed by atoms with Crippen LogP contribution in [0.1, 0.15) is 12.5 Å². The first-order chi connectivity index (χ1) is 7.83. The van der Waals surface area contributed by atoms with Gasteiger partial charge in [-0.2, -0.15) is 0 Å². The topological polar surface area (TPSA) is 38.5 Å². The Morgan fingerprint density at radius 2 is 2.19 bits per heavy atom. The number of para-hydroxylation sites is 1. The van der Waals surface area contributed by atoms with Gasteiger partial charge in [-0.05, 0) is 25.0 Å². The lowest BCUT2D eigenvalue weighted by Gasteiger charge is -2.24. The number of anilines is 1. The average Bonchev–Trinajstić information content (AvgIpc) is 2.61. The van der Waals surface area contributed by atoms with E-state index >= 15 is 0 Å². The fourth-order valence-electron chi connectivity index (χ4n) is 2.32. The van der Waals surface area contributed by atoms with Gasteiger partial charge in [0.2, 0.25) is 0 Å². The number of benzene rings is 1. The number of rotatable bonds is 5. The molecule has 3 heteroatoms. The summed E-state index contributed by atoms with van der Waals surface area (Å²) in [6.45, 7) is 5.24. The quantitative estimate of drug-likeness (QED) is 0.763. The highest BCUT2D eigenvalue weighted by atomic mass is 16.5. The van der Waals surface area contributed by atoms with Gasteiger partial charge in [-0.25, -0.2) is 0 Å². The summed E-state index contributed by atoms with van der Waals surface area (Å²) in [5.41, 5.74) is 8.21. The average molecular weight is 220 g/mol. The van der Waals surface area contributed by atoms with Crippen LogP contribution in [0.3, 0.4) is 0 Å². The van der Waals surface area contributed by atoms with Crippen LogP contribution in [0, 0.1) is 0 Å². The minimum Gasteiger partial charge on any atom is -0.378 e. The van der Waals surface area contributed by atoms with Gasteiger partial charge in [0.15, 0.2) is 0 Å². The molecule has 1 aromatic carbocycles. The van der Waals surface area contributed by atoms with E-state index in [1.54, 1.807) is 0 Å². The van der Waals surface area contributed by atoms with Gasteiger partial charge in [-0.15, -0.1) is 0 Å². The molecule has 1 aliphatic rings. The maximum Gasteiger partial charge on any atom is 0.0642 e. The Labute approximate surface area is 97.2 Å². The van der Waals surface area contributed by atoms with E-state index in [2.05, 4.69) is 36.1 Å². The first-order valence-corrected chi connectivity index (χ1v) is 5.95. The second kappa shape index (κ2) is 5.32. The Morgan fingerprint density at radius 1 is 1.38 bits per heavy atom. The van der Waals surface area contributed by atoms with Crippen molar-refractivity contribution in [2.45, 2.75) is 19.4 Å². The lowest BCUT2D eigenvalue weighted by molar-refractivity contribution is 0.147. The van der Waals surface area contributed by atoms with E-state index in [-0.39, 0.29) is 0 Å². The zero-order valence-corrected chi connectivity index (χ0v) is 9.86. The molecule has 1 aliphatic heterocycles. The smallest absolute Gasteiger partial charge is 0.0642 e. The standard InChI is InChI=1S/C13H20N2O/c1-11-10-12-4-2-3-5-13(12)15(11)7-9-16-8-6-14/h2-5,11H,6-10,14H2,1H3. The summed E-state index contributed by atoms with van der Waals surface area (Å²) < 4.78 is 5.44. The number of ether oxygens (including phenoxy) is 1. The van der Waals surface area contributed by atoms with E-state index in [0.29, 0.717) is 19.2 Å². The third-order valence-corrected chi connectivity index (χ3v) is 3.09. The van der Waals surface area contributed by atoms with Crippen molar-refractivity contribution in [3.63, 3.8) is 0 Å². The zero-order chi connectivity index (χ0) is 11.4. The maximum absolute atomic E-state index is 5.44. The summed E-state index contributed by atoms with van der Waals surface area (Å²) in [5.74, 6) is 0. The van der Waals surface area contributed by atoms with Crippen molar-refractivity contribution in [3.05, 3.63) is 29.8 Å². The molecule has 3 nitrogen and oxygen atoms in total. The molecule has 1 aromatic rings. The maximum atomic E-state index is 5.44. The van der Waals surface area contributed by atoms with E-state index in [9.17, 15) is 0 Å². The van der Waals surface area contributed by atoms with Crippen molar-refractivity contribution >= 4 is 5.69 Å². The molecule has 0 spiro atoms. The van der Waals surface area contributed by atoms with Gasteiger partial charge in [0.1, 0.15) is 0 Å². The van der Waals surface area contributed by atoms with Crippen LogP contribution in [0.25, 0.3) is 0 Å². The Hall–Kier alpha value is -1.06. The molecule has 0 amide bonds. The van der Waals surface area contributed by atoms with E-state index < -0.39 is 0 Å². The van der Waals surface area contributed by atoms with Crippen LogP contribution in [0.4, 0.5) is 5.69 Å². The molecule has 0 saturated heterocycles. The first-order valence-electron chi connectivity index (χ1n) is 5.95. The fourth-order valence-corrected chi connectivity index (χ4v) is 2.32.